The van der Waals surface area contributed by atoms with Gasteiger partial charge in [0.15, 0.2) is 0 Å². The van der Waals surface area contributed by atoms with Gasteiger partial charge in [-0.05, 0) is 25.7 Å². The topological polar surface area (TPSA) is 80.9 Å². The predicted molar refractivity (Wildman–Crippen MR) is 63.2 cm³/mol. The largest absolute Gasteiger partial charge is 0.392 e. The molecule has 4 N–H and O–H groups in total. The van der Waals surface area contributed by atoms with Crippen molar-refractivity contribution in [3.63, 3.8) is 0 Å². The van der Waals surface area contributed by atoms with E-state index < -0.39 is 29.8 Å². The molecule has 0 radical (unpaired) electrons. The molecule has 0 heterocycles. The van der Waals surface area contributed by atoms with Crippen molar-refractivity contribution in [1.82, 2.24) is 0 Å². The van der Waals surface area contributed by atoms with Crippen LogP contribution in [0.15, 0.2) is 24.3 Å². The molecule has 4 nitrogen and oxygen atoms in total. The maximum atomic E-state index is 10.2. The van der Waals surface area contributed by atoms with Crippen LogP contribution in [0.4, 0.5) is 0 Å². The monoisotopic (exact) mass is 240 g/mol. The Bertz CT molecular complexity index is 284. The van der Waals surface area contributed by atoms with Crippen molar-refractivity contribution >= 4 is 0 Å². The van der Waals surface area contributed by atoms with Gasteiger partial charge in [0, 0.05) is 0 Å². The second-order valence-electron chi connectivity index (χ2n) is 5.38. The summed E-state index contributed by atoms with van der Waals surface area (Å²) in [4.78, 5) is 0. The summed E-state index contributed by atoms with van der Waals surface area (Å²) in [7, 11) is 0. The van der Waals surface area contributed by atoms with Gasteiger partial charge in [-0.15, -0.1) is 0 Å². The first kappa shape index (κ1) is 12.8. The maximum Gasteiger partial charge on any atom is 0.0752 e. The zero-order valence-corrected chi connectivity index (χ0v) is 9.84. The van der Waals surface area contributed by atoms with Crippen LogP contribution in [0.2, 0.25) is 0 Å². The number of aliphatic hydroxyl groups excluding tert-OH is 4. The number of hydrogen-bond acceptors (Lipinski definition) is 4. The fourth-order valence-electron chi connectivity index (χ4n) is 3.30. The van der Waals surface area contributed by atoms with Gasteiger partial charge in [-0.2, -0.15) is 0 Å². The van der Waals surface area contributed by atoms with Crippen molar-refractivity contribution in [2.24, 2.45) is 5.41 Å². The standard InChI is InChI=1S/C13H20O4/c1-7-3-9(14)13(10(15)4-7)11(16)5-8(2)6-12(13)17/h9-12,14-17H,1-6H2. The van der Waals surface area contributed by atoms with Gasteiger partial charge in [0.1, 0.15) is 0 Å². The number of aliphatic hydroxyl groups is 4. The van der Waals surface area contributed by atoms with Crippen molar-refractivity contribution in [2.45, 2.75) is 50.1 Å². The van der Waals surface area contributed by atoms with E-state index in [4.69, 9.17) is 0 Å². The van der Waals surface area contributed by atoms with Gasteiger partial charge in [-0.1, -0.05) is 24.3 Å². The second-order valence-corrected chi connectivity index (χ2v) is 5.38. The SMILES string of the molecule is C=C1CC(O)C2(C(O)C1)C(O)CC(=C)CC2O. The minimum Gasteiger partial charge on any atom is -0.392 e. The van der Waals surface area contributed by atoms with Crippen molar-refractivity contribution in [1.29, 1.82) is 0 Å². The molecule has 0 aromatic rings. The molecule has 2 fully saturated rings. The smallest absolute Gasteiger partial charge is 0.0752 e. The summed E-state index contributed by atoms with van der Waals surface area (Å²) in [6, 6.07) is 0. The number of hydrogen-bond donors (Lipinski definition) is 4. The van der Waals surface area contributed by atoms with Crippen LogP contribution in [0.25, 0.3) is 0 Å². The van der Waals surface area contributed by atoms with E-state index in [9.17, 15) is 20.4 Å². The van der Waals surface area contributed by atoms with E-state index in [0.717, 1.165) is 11.1 Å². The fraction of sp³-hybridized carbons (Fsp3) is 0.692. The summed E-state index contributed by atoms with van der Waals surface area (Å²) < 4.78 is 0. The summed E-state index contributed by atoms with van der Waals surface area (Å²) in [5.41, 5.74) is 0.251. The maximum absolute atomic E-state index is 10.2. The van der Waals surface area contributed by atoms with Gasteiger partial charge in [0.2, 0.25) is 0 Å². The van der Waals surface area contributed by atoms with E-state index in [-0.39, 0.29) is 0 Å². The van der Waals surface area contributed by atoms with Crippen LogP contribution in [-0.4, -0.2) is 44.8 Å². The highest BCUT2D eigenvalue weighted by atomic mass is 16.3. The lowest BCUT2D eigenvalue weighted by Gasteiger charge is -2.53. The highest BCUT2D eigenvalue weighted by molar-refractivity contribution is 5.21. The fourth-order valence-corrected chi connectivity index (χ4v) is 3.30. The molecule has 0 aliphatic heterocycles. The quantitative estimate of drug-likeness (QED) is 0.453. The Morgan fingerprint density at radius 2 is 0.941 bits per heavy atom. The van der Waals surface area contributed by atoms with E-state index >= 15 is 0 Å². The predicted octanol–water partition coefficient (Wildman–Crippen LogP) is 0.116. The molecule has 2 rings (SSSR count). The molecule has 4 atom stereocenters. The van der Waals surface area contributed by atoms with Crippen molar-refractivity contribution in [3.05, 3.63) is 24.3 Å². The van der Waals surface area contributed by atoms with Crippen LogP contribution in [0.3, 0.4) is 0 Å². The lowest BCUT2D eigenvalue weighted by atomic mass is 9.57. The number of rotatable bonds is 0. The Hall–Kier alpha value is -0.680. The molecule has 2 saturated carbocycles. The molecule has 2 aliphatic carbocycles. The summed E-state index contributed by atoms with van der Waals surface area (Å²) in [6.07, 6.45) is -2.58. The Morgan fingerprint density at radius 1 is 0.706 bits per heavy atom. The first-order valence-corrected chi connectivity index (χ1v) is 5.94. The Balaban J connectivity index is 2.37. The first-order valence-electron chi connectivity index (χ1n) is 5.94. The van der Waals surface area contributed by atoms with Crippen LogP contribution in [0.1, 0.15) is 25.7 Å². The van der Waals surface area contributed by atoms with Crippen molar-refractivity contribution in [2.75, 3.05) is 0 Å². The van der Waals surface area contributed by atoms with Gasteiger partial charge in [-0.3, -0.25) is 0 Å². The van der Waals surface area contributed by atoms with Crippen molar-refractivity contribution in [3.8, 4) is 0 Å². The third kappa shape index (κ3) is 1.76. The van der Waals surface area contributed by atoms with Gasteiger partial charge in [0.05, 0.1) is 29.8 Å². The Kier molecular flexibility index (Phi) is 3.16. The van der Waals surface area contributed by atoms with E-state index in [1.54, 1.807) is 0 Å². The molecular weight excluding hydrogens is 220 g/mol. The summed E-state index contributed by atoms with van der Waals surface area (Å²) in [6.45, 7) is 7.51. The molecule has 1 spiro atoms. The zero-order chi connectivity index (χ0) is 12.8. The Labute approximate surface area is 101 Å². The minimum atomic E-state index is -1.25. The molecule has 0 saturated heterocycles. The molecular formula is C13H20O4. The van der Waals surface area contributed by atoms with Crippen LogP contribution in [0.5, 0.6) is 0 Å². The molecule has 0 amide bonds. The molecule has 4 unspecified atom stereocenters. The van der Waals surface area contributed by atoms with Crippen LogP contribution in [-0.2, 0) is 0 Å². The minimum absolute atomic E-state index is 0.317. The molecule has 17 heavy (non-hydrogen) atoms. The third-order valence-electron chi connectivity index (χ3n) is 4.24. The first-order chi connectivity index (χ1) is 7.88. The molecule has 2 aliphatic rings. The normalized spacial score (nSPS) is 47.5. The molecule has 96 valence electrons. The van der Waals surface area contributed by atoms with E-state index in [0.29, 0.717) is 25.7 Å². The summed E-state index contributed by atoms with van der Waals surface area (Å²) in [5.74, 6) is 0. The molecule has 0 aromatic carbocycles. The average Bonchev–Trinajstić information content (AvgIpc) is 2.14. The highest BCUT2D eigenvalue weighted by Crippen LogP contribution is 2.49. The highest BCUT2D eigenvalue weighted by Gasteiger charge is 2.58. The van der Waals surface area contributed by atoms with Gasteiger partial charge in [0.25, 0.3) is 0 Å². The van der Waals surface area contributed by atoms with Crippen LogP contribution < -0.4 is 0 Å². The van der Waals surface area contributed by atoms with Crippen molar-refractivity contribution < 1.29 is 20.4 Å². The van der Waals surface area contributed by atoms with Gasteiger partial charge in [-0.25, -0.2) is 0 Å². The molecule has 0 bridgehead atoms. The van der Waals surface area contributed by atoms with E-state index in [1.165, 1.54) is 0 Å². The molecule has 0 aromatic heterocycles. The van der Waals surface area contributed by atoms with E-state index in [2.05, 4.69) is 13.2 Å². The van der Waals surface area contributed by atoms with Gasteiger partial charge < -0.3 is 20.4 Å². The average molecular weight is 240 g/mol. The van der Waals surface area contributed by atoms with E-state index in [1.807, 2.05) is 0 Å². The van der Waals surface area contributed by atoms with Gasteiger partial charge >= 0.3 is 0 Å². The van der Waals surface area contributed by atoms with Crippen LogP contribution >= 0.6 is 0 Å². The lowest BCUT2D eigenvalue weighted by molar-refractivity contribution is -0.209. The molecule has 4 heteroatoms. The third-order valence-corrected chi connectivity index (χ3v) is 4.24. The Morgan fingerprint density at radius 3 is 1.18 bits per heavy atom. The summed E-state index contributed by atoms with van der Waals surface area (Å²) >= 11 is 0. The second kappa shape index (κ2) is 4.21. The summed E-state index contributed by atoms with van der Waals surface area (Å²) in [5, 5.41) is 40.7. The lowest BCUT2D eigenvalue weighted by Crippen LogP contribution is -2.64. The zero-order valence-electron chi connectivity index (χ0n) is 9.84. The van der Waals surface area contributed by atoms with Crippen LogP contribution in [0, 0.1) is 5.41 Å².